The molecule has 1 N–H and O–H groups in total. The number of nitrogens with one attached hydrogen (secondary N) is 1. The molecule has 10 rings (SSSR count). The second-order valence-corrected chi connectivity index (χ2v) is 12.6. The minimum Gasteiger partial charge on any atom is -0.456 e. The van der Waals surface area contributed by atoms with Gasteiger partial charge in [-0.3, -0.25) is 0 Å². The summed E-state index contributed by atoms with van der Waals surface area (Å²) in [6.45, 7) is 0. The van der Waals surface area contributed by atoms with Crippen LogP contribution < -0.4 is 5.32 Å². The zero-order chi connectivity index (χ0) is 33.0. The Morgan fingerprint density at radius 2 is 1.04 bits per heavy atom. The number of furan rings is 2. The van der Waals surface area contributed by atoms with E-state index in [4.69, 9.17) is 18.8 Å². The van der Waals surface area contributed by atoms with Gasteiger partial charge in [0, 0.05) is 38.2 Å². The lowest BCUT2D eigenvalue weighted by Gasteiger charge is -2.23. The molecule has 2 aromatic heterocycles. The number of fused-ring (bicyclic) bond motifs is 6. The molecule has 1 aliphatic rings. The minimum absolute atomic E-state index is 0.411. The molecule has 50 heavy (non-hydrogen) atoms. The number of aliphatic imine (C=N–C) groups is 2. The van der Waals surface area contributed by atoms with Gasteiger partial charge in [-0.25, -0.2) is 9.98 Å². The van der Waals surface area contributed by atoms with Crippen molar-refractivity contribution in [2.75, 3.05) is 0 Å². The summed E-state index contributed by atoms with van der Waals surface area (Å²) < 4.78 is 12.8. The Morgan fingerprint density at radius 1 is 0.420 bits per heavy atom. The van der Waals surface area contributed by atoms with Crippen LogP contribution in [0.3, 0.4) is 0 Å². The molecule has 0 fully saturated rings. The quantitative estimate of drug-likeness (QED) is 0.203. The van der Waals surface area contributed by atoms with Gasteiger partial charge in [0.2, 0.25) is 0 Å². The highest BCUT2D eigenvalue weighted by molar-refractivity contribution is 6.14. The molecular formula is C45H29N3O2. The first-order chi connectivity index (χ1) is 24.7. The third-order valence-corrected chi connectivity index (χ3v) is 9.57. The summed E-state index contributed by atoms with van der Waals surface area (Å²) in [7, 11) is 0. The summed E-state index contributed by atoms with van der Waals surface area (Å²) in [5.41, 5.74) is 10.8. The van der Waals surface area contributed by atoms with Crippen molar-refractivity contribution in [2.45, 2.75) is 6.17 Å². The van der Waals surface area contributed by atoms with E-state index in [0.29, 0.717) is 5.84 Å². The summed E-state index contributed by atoms with van der Waals surface area (Å²) in [4.78, 5) is 10.2. The van der Waals surface area contributed by atoms with Crippen molar-refractivity contribution in [3.63, 3.8) is 0 Å². The van der Waals surface area contributed by atoms with Crippen LogP contribution in [-0.2, 0) is 0 Å². The number of hydrogen-bond acceptors (Lipinski definition) is 5. The van der Waals surface area contributed by atoms with Crippen molar-refractivity contribution in [3.05, 3.63) is 180 Å². The Labute approximate surface area is 287 Å². The van der Waals surface area contributed by atoms with Crippen molar-refractivity contribution in [1.82, 2.24) is 5.32 Å². The van der Waals surface area contributed by atoms with Gasteiger partial charge in [0.15, 0.2) is 12.0 Å². The zero-order valence-electron chi connectivity index (χ0n) is 26.9. The van der Waals surface area contributed by atoms with E-state index in [1.807, 2.05) is 42.5 Å². The van der Waals surface area contributed by atoms with Crippen LogP contribution in [0.2, 0.25) is 0 Å². The van der Waals surface area contributed by atoms with E-state index < -0.39 is 6.17 Å². The maximum Gasteiger partial charge on any atom is 0.159 e. The van der Waals surface area contributed by atoms with Crippen LogP contribution in [0.25, 0.3) is 66.1 Å². The fourth-order valence-corrected chi connectivity index (χ4v) is 7.04. The fourth-order valence-electron chi connectivity index (χ4n) is 7.04. The Morgan fingerprint density at radius 3 is 1.88 bits per heavy atom. The van der Waals surface area contributed by atoms with Gasteiger partial charge in [0.25, 0.3) is 0 Å². The van der Waals surface area contributed by atoms with E-state index in [2.05, 4.69) is 127 Å². The van der Waals surface area contributed by atoms with Gasteiger partial charge in [-0.1, -0.05) is 133 Å². The van der Waals surface area contributed by atoms with Crippen LogP contribution in [0.1, 0.15) is 22.9 Å². The molecule has 0 spiro atoms. The number of rotatable bonds is 5. The average molecular weight is 644 g/mol. The number of hydrogen-bond donors (Lipinski definition) is 1. The third-order valence-electron chi connectivity index (χ3n) is 9.57. The normalized spacial score (nSPS) is 14.6. The van der Waals surface area contributed by atoms with E-state index in [1.165, 1.54) is 5.56 Å². The number of benzene rings is 7. The fraction of sp³-hybridized carbons (Fsp3) is 0.0222. The molecule has 0 saturated carbocycles. The highest BCUT2D eigenvalue weighted by Gasteiger charge is 2.25. The minimum atomic E-state index is -0.411. The van der Waals surface area contributed by atoms with Crippen molar-refractivity contribution >= 4 is 55.5 Å². The molecule has 0 radical (unpaired) electrons. The molecule has 236 valence electrons. The van der Waals surface area contributed by atoms with Gasteiger partial charge in [-0.15, -0.1) is 0 Å². The molecule has 0 bridgehead atoms. The molecule has 1 unspecified atom stereocenters. The van der Waals surface area contributed by atoms with E-state index in [0.717, 1.165) is 83.1 Å². The van der Waals surface area contributed by atoms with Crippen molar-refractivity contribution in [3.8, 4) is 22.3 Å². The summed E-state index contributed by atoms with van der Waals surface area (Å²) >= 11 is 0. The number of nitrogens with zero attached hydrogens (tertiary/aromatic N) is 2. The molecule has 0 aliphatic carbocycles. The van der Waals surface area contributed by atoms with Gasteiger partial charge < -0.3 is 14.2 Å². The van der Waals surface area contributed by atoms with Gasteiger partial charge >= 0.3 is 0 Å². The standard InChI is InChI=1S/C45H29N3O2/c1-3-10-28(11-4-1)29-18-20-31(21-19-29)44-46-43(30-12-5-2-6-13-30)47-45(48-44)37-16-9-15-36-38-26-32(23-25-40(38)50-42(36)37)33-22-24-35-34-14-7-8-17-39(34)49-41(35)27-33/h1-27,45H,(H,46,47,48). The summed E-state index contributed by atoms with van der Waals surface area (Å²) in [6, 6.07) is 56.3. The monoisotopic (exact) mass is 643 g/mol. The molecule has 1 aliphatic heterocycles. The van der Waals surface area contributed by atoms with Gasteiger partial charge in [0.05, 0.1) is 0 Å². The van der Waals surface area contributed by atoms with Gasteiger partial charge in [-0.2, -0.15) is 0 Å². The average Bonchev–Trinajstić information content (AvgIpc) is 3.76. The molecule has 5 heteroatoms. The second kappa shape index (κ2) is 11.5. The van der Waals surface area contributed by atoms with Gasteiger partial charge in [-0.05, 0) is 52.6 Å². The topological polar surface area (TPSA) is 63.0 Å². The maximum atomic E-state index is 6.62. The second-order valence-electron chi connectivity index (χ2n) is 12.6. The number of para-hydroxylation sites is 2. The first-order valence-corrected chi connectivity index (χ1v) is 16.8. The summed E-state index contributed by atoms with van der Waals surface area (Å²) in [6.07, 6.45) is -0.411. The van der Waals surface area contributed by atoms with Crippen LogP contribution >= 0.6 is 0 Å². The lowest BCUT2D eigenvalue weighted by Crippen LogP contribution is -2.33. The zero-order valence-corrected chi connectivity index (χ0v) is 26.9. The molecule has 5 nitrogen and oxygen atoms in total. The lowest BCUT2D eigenvalue weighted by molar-refractivity contribution is 0.628. The van der Waals surface area contributed by atoms with Crippen LogP contribution in [-0.4, -0.2) is 11.7 Å². The highest BCUT2D eigenvalue weighted by atomic mass is 16.3. The molecule has 7 aromatic carbocycles. The first-order valence-electron chi connectivity index (χ1n) is 16.8. The van der Waals surface area contributed by atoms with Crippen molar-refractivity contribution in [1.29, 1.82) is 0 Å². The molecule has 9 aromatic rings. The molecule has 0 saturated heterocycles. The third kappa shape index (κ3) is 4.79. The Hall–Kier alpha value is -6.72. The molecule has 3 heterocycles. The maximum absolute atomic E-state index is 6.62. The predicted molar refractivity (Wildman–Crippen MR) is 204 cm³/mol. The van der Waals surface area contributed by atoms with E-state index in [-0.39, 0.29) is 0 Å². The van der Waals surface area contributed by atoms with E-state index >= 15 is 0 Å². The Balaban J connectivity index is 1.06. The summed E-state index contributed by atoms with van der Waals surface area (Å²) in [5, 5.41) is 7.96. The van der Waals surface area contributed by atoms with E-state index in [9.17, 15) is 0 Å². The van der Waals surface area contributed by atoms with E-state index in [1.54, 1.807) is 0 Å². The lowest BCUT2D eigenvalue weighted by atomic mass is 10.0. The largest absolute Gasteiger partial charge is 0.456 e. The molecule has 0 amide bonds. The SMILES string of the molecule is c1ccc(C2=NC(c3ccc(-c4ccccc4)cc3)=NC(c3cccc4c3oc3ccc(-c5ccc6c(c5)oc5ccccc56)cc34)N2)cc1. The Kier molecular flexibility index (Phi) is 6.49. The molecular weight excluding hydrogens is 615 g/mol. The first kappa shape index (κ1) is 28.3. The highest BCUT2D eigenvalue weighted by Crippen LogP contribution is 2.38. The van der Waals surface area contributed by atoms with Crippen molar-refractivity contribution in [2.24, 2.45) is 9.98 Å². The van der Waals surface area contributed by atoms with Gasteiger partial charge in [0.1, 0.15) is 28.2 Å². The van der Waals surface area contributed by atoms with Crippen LogP contribution in [0.5, 0.6) is 0 Å². The Bertz CT molecular complexity index is 2770. The number of amidine groups is 2. The smallest absolute Gasteiger partial charge is 0.159 e. The van der Waals surface area contributed by atoms with Crippen LogP contribution in [0.4, 0.5) is 0 Å². The molecule has 1 atom stereocenters. The van der Waals surface area contributed by atoms with Crippen LogP contribution in [0.15, 0.2) is 183 Å². The summed E-state index contributed by atoms with van der Waals surface area (Å²) in [5.74, 6) is 1.44. The predicted octanol–water partition coefficient (Wildman–Crippen LogP) is 11.3. The van der Waals surface area contributed by atoms with Crippen LogP contribution in [0, 0.1) is 0 Å². The van der Waals surface area contributed by atoms with Crippen molar-refractivity contribution < 1.29 is 8.83 Å².